The number of carbonyl (C=O) groups is 3. The van der Waals surface area contributed by atoms with Crippen molar-refractivity contribution in [1.82, 2.24) is 10.6 Å². The number of rotatable bonds is 9. The average Bonchev–Trinajstić information content (AvgIpc) is 3.19. The minimum absolute atomic E-state index is 0.0311. The summed E-state index contributed by atoms with van der Waals surface area (Å²) in [5.41, 5.74) is 0.822. The van der Waals surface area contributed by atoms with Crippen molar-refractivity contribution in [1.29, 1.82) is 0 Å². The first-order valence-corrected chi connectivity index (χ1v) is 10.1. The Hall–Kier alpha value is -2.26. The van der Waals surface area contributed by atoms with E-state index in [1.807, 2.05) is 37.3 Å². The number of ether oxygens (including phenoxy) is 2. The molecular formula is C19H26N2O6S. The van der Waals surface area contributed by atoms with E-state index in [1.165, 1.54) is 7.11 Å². The number of carboxylic acids is 1. The van der Waals surface area contributed by atoms with Crippen LogP contribution in [0, 0.1) is 5.92 Å². The normalized spacial score (nSPS) is 20.8. The summed E-state index contributed by atoms with van der Waals surface area (Å²) < 4.78 is 9.82. The molecule has 0 spiro atoms. The third-order valence-electron chi connectivity index (χ3n) is 4.52. The average molecular weight is 410 g/mol. The highest BCUT2D eigenvalue weighted by atomic mass is 32.2. The number of aliphatic carboxylic acids is 1. The van der Waals surface area contributed by atoms with Gasteiger partial charge in [0.2, 0.25) is 0 Å². The van der Waals surface area contributed by atoms with E-state index in [9.17, 15) is 19.5 Å². The van der Waals surface area contributed by atoms with Crippen molar-refractivity contribution in [2.75, 3.05) is 12.9 Å². The number of methoxy groups -OCH3 is 1. The number of amides is 1. The molecule has 4 atom stereocenters. The summed E-state index contributed by atoms with van der Waals surface area (Å²) in [6.07, 6.45) is 0.0654. The fraction of sp³-hybridized carbons (Fsp3) is 0.526. The first-order chi connectivity index (χ1) is 13.4. The predicted molar refractivity (Wildman–Crippen MR) is 105 cm³/mol. The van der Waals surface area contributed by atoms with E-state index in [4.69, 9.17) is 9.47 Å². The molecule has 0 radical (unpaired) electrons. The minimum atomic E-state index is -1.11. The molecule has 0 saturated carbocycles. The molecule has 8 nitrogen and oxygen atoms in total. The Balaban J connectivity index is 1.76. The van der Waals surface area contributed by atoms with Crippen molar-refractivity contribution in [3.63, 3.8) is 0 Å². The molecule has 28 heavy (non-hydrogen) atoms. The quantitative estimate of drug-likeness (QED) is 0.530. The molecule has 154 valence electrons. The summed E-state index contributed by atoms with van der Waals surface area (Å²) in [5.74, 6) is -0.672. The maximum absolute atomic E-state index is 11.9. The molecule has 0 aromatic heterocycles. The second-order valence-corrected chi connectivity index (χ2v) is 7.82. The molecule has 0 unspecified atom stereocenters. The van der Waals surface area contributed by atoms with Crippen LogP contribution in [-0.2, 0) is 25.7 Å². The van der Waals surface area contributed by atoms with Gasteiger partial charge in [0.1, 0.15) is 18.7 Å². The largest absolute Gasteiger partial charge is 0.480 e. The van der Waals surface area contributed by atoms with Crippen molar-refractivity contribution in [3.8, 4) is 0 Å². The van der Waals surface area contributed by atoms with Gasteiger partial charge in [-0.25, -0.2) is 9.59 Å². The minimum Gasteiger partial charge on any atom is -0.480 e. The van der Waals surface area contributed by atoms with E-state index in [1.54, 1.807) is 11.8 Å². The third kappa shape index (κ3) is 6.72. The van der Waals surface area contributed by atoms with E-state index < -0.39 is 18.1 Å². The second-order valence-electron chi connectivity index (χ2n) is 6.65. The lowest BCUT2D eigenvalue weighted by Gasteiger charge is -2.21. The van der Waals surface area contributed by atoms with Crippen LogP contribution < -0.4 is 10.6 Å². The molecule has 2 rings (SSSR count). The lowest BCUT2D eigenvalue weighted by atomic mass is 10.0. The van der Waals surface area contributed by atoms with Crippen LogP contribution in [0.15, 0.2) is 30.3 Å². The molecule has 1 aliphatic rings. The van der Waals surface area contributed by atoms with Gasteiger partial charge in [0.05, 0.1) is 12.5 Å². The molecule has 1 amide bonds. The fourth-order valence-electron chi connectivity index (χ4n) is 2.85. The van der Waals surface area contributed by atoms with Crippen LogP contribution in [-0.4, -0.2) is 53.5 Å². The Labute approximate surface area is 168 Å². The van der Waals surface area contributed by atoms with Gasteiger partial charge < -0.3 is 19.9 Å². The summed E-state index contributed by atoms with van der Waals surface area (Å²) in [6, 6.07) is 7.78. The standard InChI is InChI=1S/C19H26N2O6S/c1-12(16-20-15(11-28-16)18(24)26-2)8-9-14(17(22)23)21-19(25)27-10-13-6-4-3-5-7-13/h3-7,12,14-16,20H,8-11H2,1-2H3,(H,21,25)(H,22,23)/t12-,14-,15+,16+/m1/s1. The maximum Gasteiger partial charge on any atom is 0.408 e. The Morgan fingerprint density at radius 1 is 1.29 bits per heavy atom. The first kappa shape index (κ1) is 22.0. The van der Waals surface area contributed by atoms with Gasteiger partial charge in [-0.3, -0.25) is 10.1 Å². The van der Waals surface area contributed by atoms with E-state index >= 15 is 0 Å². The summed E-state index contributed by atoms with van der Waals surface area (Å²) in [4.78, 5) is 35.0. The lowest BCUT2D eigenvalue weighted by Crippen LogP contribution is -2.42. The summed E-state index contributed by atoms with van der Waals surface area (Å²) >= 11 is 1.61. The van der Waals surface area contributed by atoms with E-state index in [0.29, 0.717) is 12.2 Å². The van der Waals surface area contributed by atoms with Crippen molar-refractivity contribution < 1.29 is 29.0 Å². The zero-order valence-electron chi connectivity index (χ0n) is 15.9. The van der Waals surface area contributed by atoms with Gasteiger partial charge in [0.25, 0.3) is 0 Å². The van der Waals surface area contributed by atoms with E-state index in [2.05, 4.69) is 10.6 Å². The molecule has 1 saturated heterocycles. The van der Waals surface area contributed by atoms with Crippen molar-refractivity contribution in [2.45, 2.75) is 43.8 Å². The summed E-state index contributed by atoms with van der Waals surface area (Å²) in [7, 11) is 1.35. The number of thioether (sulfide) groups is 1. The SMILES string of the molecule is COC(=O)[C@@H]1CS[C@@H]([C@H](C)CC[C@@H](NC(=O)OCc2ccccc2)C(=O)O)N1. The van der Waals surface area contributed by atoms with Gasteiger partial charge in [0.15, 0.2) is 0 Å². The summed E-state index contributed by atoms with van der Waals surface area (Å²) in [6.45, 7) is 2.06. The second kappa shape index (κ2) is 10.9. The zero-order chi connectivity index (χ0) is 20.5. The van der Waals surface area contributed by atoms with Crippen LogP contribution in [0.2, 0.25) is 0 Å². The molecule has 9 heteroatoms. The highest BCUT2D eigenvalue weighted by molar-refractivity contribution is 8.00. The highest BCUT2D eigenvalue weighted by Gasteiger charge is 2.33. The van der Waals surface area contributed by atoms with Gasteiger partial charge in [-0.1, -0.05) is 37.3 Å². The number of alkyl carbamates (subject to hydrolysis) is 1. The van der Waals surface area contributed by atoms with E-state index in [-0.39, 0.29) is 36.3 Å². The number of carbonyl (C=O) groups excluding carboxylic acids is 2. The number of esters is 1. The first-order valence-electron chi connectivity index (χ1n) is 9.06. The predicted octanol–water partition coefficient (Wildman–Crippen LogP) is 1.99. The van der Waals surface area contributed by atoms with Crippen molar-refractivity contribution in [2.24, 2.45) is 5.92 Å². The molecule has 1 aliphatic heterocycles. The summed E-state index contributed by atoms with van der Waals surface area (Å²) in [5, 5.41) is 15.0. The van der Waals surface area contributed by atoms with Crippen molar-refractivity contribution in [3.05, 3.63) is 35.9 Å². The number of hydrogen-bond donors (Lipinski definition) is 3. The molecule has 1 heterocycles. The highest BCUT2D eigenvalue weighted by Crippen LogP contribution is 2.28. The lowest BCUT2D eigenvalue weighted by molar-refractivity contribution is -0.142. The Morgan fingerprint density at radius 3 is 2.64 bits per heavy atom. The number of carboxylic acid groups (broad SMARTS) is 1. The smallest absolute Gasteiger partial charge is 0.408 e. The van der Waals surface area contributed by atoms with Crippen LogP contribution in [0.4, 0.5) is 4.79 Å². The van der Waals surface area contributed by atoms with Crippen LogP contribution in [0.5, 0.6) is 0 Å². The Morgan fingerprint density at radius 2 is 2.00 bits per heavy atom. The molecule has 0 bridgehead atoms. The Bertz CT molecular complexity index is 672. The maximum atomic E-state index is 11.9. The van der Waals surface area contributed by atoms with Crippen LogP contribution in [0.3, 0.4) is 0 Å². The van der Waals surface area contributed by atoms with Crippen molar-refractivity contribution >= 4 is 29.8 Å². The van der Waals surface area contributed by atoms with Gasteiger partial charge in [-0.05, 0) is 24.3 Å². The van der Waals surface area contributed by atoms with Gasteiger partial charge in [-0.2, -0.15) is 0 Å². The van der Waals surface area contributed by atoms with Gasteiger partial charge in [0, 0.05) is 5.75 Å². The zero-order valence-corrected chi connectivity index (χ0v) is 16.7. The molecular weight excluding hydrogens is 384 g/mol. The molecule has 0 aliphatic carbocycles. The van der Waals surface area contributed by atoms with Crippen LogP contribution in [0.1, 0.15) is 25.3 Å². The number of hydrogen-bond acceptors (Lipinski definition) is 7. The van der Waals surface area contributed by atoms with Gasteiger partial charge >= 0.3 is 18.0 Å². The van der Waals surface area contributed by atoms with Crippen LogP contribution >= 0.6 is 11.8 Å². The fourth-order valence-corrected chi connectivity index (χ4v) is 4.20. The molecule has 1 aromatic rings. The third-order valence-corrected chi connectivity index (χ3v) is 6.01. The Kier molecular flexibility index (Phi) is 8.59. The molecule has 3 N–H and O–H groups in total. The van der Waals surface area contributed by atoms with Gasteiger partial charge in [-0.15, -0.1) is 11.8 Å². The van der Waals surface area contributed by atoms with Crippen LogP contribution in [0.25, 0.3) is 0 Å². The van der Waals surface area contributed by atoms with E-state index in [0.717, 1.165) is 5.56 Å². The topological polar surface area (TPSA) is 114 Å². The molecule has 1 fully saturated rings. The number of nitrogens with one attached hydrogen (secondary N) is 2. The monoisotopic (exact) mass is 410 g/mol. The number of benzene rings is 1. The molecule has 1 aromatic carbocycles.